The second kappa shape index (κ2) is 10.5. The van der Waals surface area contributed by atoms with Gasteiger partial charge in [0.05, 0.1) is 12.5 Å². The number of nitrogens with zero attached hydrogens (tertiary/aromatic N) is 3. The number of halogens is 1. The monoisotopic (exact) mass is 471 g/mol. The van der Waals surface area contributed by atoms with E-state index in [9.17, 15) is 19.8 Å². The van der Waals surface area contributed by atoms with E-state index >= 15 is 0 Å². The summed E-state index contributed by atoms with van der Waals surface area (Å²) in [6, 6.07) is 3.82. The predicted octanol–water partition coefficient (Wildman–Crippen LogP) is 4.26. The zero-order valence-electron chi connectivity index (χ0n) is 19.3. The number of rotatable bonds is 7. The van der Waals surface area contributed by atoms with Crippen LogP contribution in [0.15, 0.2) is 18.3 Å². The Labute approximate surface area is 199 Å². The van der Waals surface area contributed by atoms with E-state index in [4.69, 9.17) is 11.6 Å². The number of carbonyl (C=O) groups is 2. The van der Waals surface area contributed by atoms with Crippen molar-refractivity contribution in [3.05, 3.63) is 46.3 Å². The molecule has 3 rings (SSSR count). The summed E-state index contributed by atoms with van der Waals surface area (Å²) in [6.45, 7) is 5.35. The lowest BCUT2D eigenvalue weighted by molar-refractivity contribution is -0.143. The highest BCUT2D eigenvalue weighted by Gasteiger charge is 2.28. The third kappa shape index (κ3) is 6.89. The number of ketones is 1. The van der Waals surface area contributed by atoms with Gasteiger partial charge in [-0.3, -0.25) is 14.6 Å². The summed E-state index contributed by atoms with van der Waals surface area (Å²) in [5, 5.41) is 19.3. The van der Waals surface area contributed by atoms with Crippen LogP contribution in [0.1, 0.15) is 79.8 Å². The average Bonchev–Trinajstić information content (AvgIpc) is 3.07. The molecule has 1 aliphatic carbocycles. The third-order valence-corrected chi connectivity index (χ3v) is 6.25. The van der Waals surface area contributed by atoms with E-state index in [2.05, 4.69) is 21.8 Å². The molecular formula is C25H30ClN3O4. The molecule has 2 heterocycles. The molecule has 0 aliphatic heterocycles. The van der Waals surface area contributed by atoms with Crippen LogP contribution < -0.4 is 0 Å². The molecule has 176 valence electrons. The number of hydrogen-bond donors (Lipinski definition) is 2. The molecule has 8 heteroatoms. The van der Waals surface area contributed by atoms with Crippen LogP contribution in [0.4, 0.5) is 0 Å². The summed E-state index contributed by atoms with van der Waals surface area (Å²) < 4.78 is 1.64. The molecule has 0 amide bonds. The van der Waals surface area contributed by atoms with Crippen LogP contribution in [-0.2, 0) is 11.3 Å². The van der Waals surface area contributed by atoms with Gasteiger partial charge in [0, 0.05) is 18.3 Å². The van der Waals surface area contributed by atoms with Crippen molar-refractivity contribution in [2.45, 2.75) is 71.4 Å². The van der Waals surface area contributed by atoms with Gasteiger partial charge in [-0.05, 0) is 87.9 Å². The fourth-order valence-electron chi connectivity index (χ4n) is 4.08. The van der Waals surface area contributed by atoms with Crippen molar-refractivity contribution in [2.75, 3.05) is 0 Å². The number of imidazole rings is 1. The zero-order chi connectivity index (χ0) is 24.2. The molecule has 1 fully saturated rings. The Kier molecular flexibility index (Phi) is 7.93. The minimum Gasteiger partial charge on any atom is -0.481 e. The third-order valence-electron chi connectivity index (χ3n) is 5.96. The molecule has 0 saturated heterocycles. The van der Waals surface area contributed by atoms with Gasteiger partial charge in [-0.1, -0.05) is 12.0 Å². The molecule has 0 aromatic carbocycles. The van der Waals surface area contributed by atoms with Crippen LogP contribution >= 0.6 is 11.6 Å². The number of aliphatic carboxylic acids is 1. The van der Waals surface area contributed by atoms with E-state index in [1.165, 1.54) is 0 Å². The van der Waals surface area contributed by atoms with Crippen LogP contribution in [0, 0.1) is 30.6 Å². The molecule has 0 spiro atoms. The molecule has 2 N–H and O–H groups in total. The van der Waals surface area contributed by atoms with Crippen molar-refractivity contribution >= 4 is 23.4 Å². The van der Waals surface area contributed by atoms with Crippen LogP contribution in [0.5, 0.6) is 0 Å². The van der Waals surface area contributed by atoms with Crippen molar-refractivity contribution in [3.63, 3.8) is 0 Å². The van der Waals surface area contributed by atoms with Gasteiger partial charge in [0.1, 0.15) is 17.0 Å². The Morgan fingerprint density at radius 1 is 1.24 bits per heavy atom. The number of pyridine rings is 1. The molecule has 0 radical (unpaired) electrons. The van der Waals surface area contributed by atoms with Gasteiger partial charge in [-0.25, -0.2) is 4.98 Å². The van der Waals surface area contributed by atoms with Gasteiger partial charge >= 0.3 is 5.97 Å². The maximum absolute atomic E-state index is 13.3. The minimum absolute atomic E-state index is 0.116. The lowest BCUT2D eigenvalue weighted by Crippen LogP contribution is -2.22. The van der Waals surface area contributed by atoms with E-state index in [0.29, 0.717) is 43.8 Å². The maximum Gasteiger partial charge on any atom is 0.306 e. The number of Topliss-reactive ketones (excluding diaryl/α,β-unsaturated/α-hetero) is 1. The van der Waals surface area contributed by atoms with Crippen LogP contribution in [-0.4, -0.2) is 42.1 Å². The lowest BCUT2D eigenvalue weighted by atomic mass is 9.79. The zero-order valence-corrected chi connectivity index (χ0v) is 20.0. The SMILES string of the molecule is Cc1ccc(Cn2c(Cl)nc(C#CC(C)(C)O)c2C(=O)CCC2CCC(C(=O)O)CC2)cn1. The van der Waals surface area contributed by atoms with E-state index < -0.39 is 11.6 Å². The van der Waals surface area contributed by atoms with Crippen molar-refractivity contribution in [3.8, 4) is 11.8 Å². The van der Waals surface area contributed by atoms with Crippen molar-refractivity contribution in [1.29, 1.82) is 0 Å². The molecule has 2 aromatic rings. The molecule has 0 bridgehead atoms. The van der Waals surface area contributed by atoms with Gasteiger partial charge in [-0.2, -0.15) is 0 Å². The number of carboxylic acid groups (broad SMARTS) is 1. The first-order valence-corrected chi connectivity index (χ1v) is 11.6. The fraction of sp³-hybridized carbons (Fsp3) is 0.520. The number of carboxylic acids is 1. The first kappa shape index (κ1) is 24.9. The fourth-order valence-corrected chi connectivity index (χ4v) is 4.31. The number of carbonyl (C=O) groups excluding carboxylic acids is 1. The number of aliphatic hydroxyl groups is 1. The van der Waals surface area contributed by atoms with Crippen LogP contribution in [0.3, 0.4) is 0 Å². The van der Waals surface area contributed by atoms with Gasteiger partial charge < -0.3 is 14.8 Å². The summed E-state index contributed by atoms with van der Waals surface area (Å²) in [4.78, 5) is 33.1. The Morgan fingerprint density at radius 2 is 1.94 bits per heavy atom. The van der Waals surface area contributed by atoms with Crippen molar-refractivity contribution in [2.24, 2.45) is 11.8 Å². The van der Waals surface area contributed by atoms with Gasteiger partial charge in [-0.15, -0.1) is 0 Å². The van der Waals surface area contributed by atoms with E-state index in [-0.39, 0.29) is 22.7 Å². The molecule has 0 atom stereocenters. The number of hydrogen-bond acceptors (Lipinski definition) is 5. The summed E-state index contributed by atoms with van der Waals surface area (Å²) in [7, 11) is 0. The van der Waals surface area contributed by atoms with Gasteiger partial charge in [0.25, 0.3) is 0 Å². The topological polar surface area (TPSA) is 105 Å². The highest BCUT2D eigenvalue weighted by Crippen LogP contribution is 2.32. The highest BCUT2D eigenvalue weighted by molar-refractivity contribution is 6.29. The quantitative estimate of drug-likeness (QED) is 0.461. The summed E-state index contributed by atoms with van der Waals surface area (Å²) >= 11 is 6.41. The Balaban J connectivity index is 1.82. The normalized spacial score (nSPS) is 18.5. The molecule has 1 saturated carbocycles. The van der Waals surface area contributed by atoms with Crippen molar-refractivity contribution < 1.29 is 19.8 Å². The average molecular weight is 472 g/mol. The lowest BCUT2D eigenvalue weighted by Gasteiger charge is -2.25. The van der Waals surface area contributed by atoms with Gasteiger partial charge in [0.15, 0.2) is 5.78 Å². The number of aryl methyl sites for hydroxylation is 1. The Bertz CT molecular complexity index is 1070. The number of aromatic nitrogens is 3. The summed E-state index contributed by atoms with van der Waals surface area (Å²) in [5.41, 5.74) is 1.11. The van der Waals surface area contributed by atoms with E-state index in [0.717, 1.165) is 24.1 Å². The molecule has 33 heavy (non-hydrogen) atoms. The molecular weight excluding hydrogens is 442 g/mol. The van der Waals surface area contributed by atoms with Gasteiger partial charge in [0.2, 0.25) is 5.28 Å². The van der Waals surface area contributed by atoms with E-state index in [1.54, 1.807) is 24.6 Å². The minimum atomic E-state index is -1.24. The van der Waals surface area contributed by atoms with Crippen LogP contribution in [0.2, 0.25) is 5.28 Å². The van der Waals surface area contributed by atoms with Crippen LogP contribution in [0.25, 0.3) is 0 Å². The predicted molar refractivity (Wildman–Crippen MR) is 125 cm³/mol. The molecule has 1 aliphatic rings. The largest absolute Gasteiger partial charge is 0.481 e. The van der Waals surface area contributed by atoms with Crippen molar-refractivity contribution in [1.82, 2.24) is 14.5 Å². The Hall–Kier alpha value is -2.69. The molecule has 0 unspecified atom stereocenters. The summed E-state index contributed by atoms with van der Waals surface area (Å²) in [6.07, 6.45) is 5.64. The second-order valence-corrected chi connectivity index (χ2v) is 9.64. The molecule has 2 aromatic heterocycles. The first-order valence-electron chi connectivity index (χ1n) is 11.2. The maximum atomic E-state index is 13.3. The summed E-state index contributed by atoms with van der Waals surface area (Å²) in [5.74, 6) is 4.75. The standard InChI is InChI=1S/C25H30ClN3O4/c1-16-4-5-18(14-27-16)15-29-22(20(28-24(29)26)12-13-25(2,3)33)21(30)11-8-17-6-9-19(10-7-17)23(31)32/h4-5,14,17,19,33H,6-11,15H2,1-3H3,(H,31,32). The molecule has 7 nitrogen and oxygen atoms in total. The first-order chi connectivity index (χ1) is 15.5. The highest BCUT2D eigenvalue weighted by atomic mass is 35.5. The second-order valence-electron chi connectivity index (χ2n) is 9.30. The Morgan fingerprint density at radius 3 is 2.52 bits per heavy atom. The van der Waals surface area contributed by atoms with E-state index in [1.807, 2.05) is 19.1 Å². The smallest absolute Gasteiger partial charge is 0.306 e.